The minimum atomic E-state index is -0.723. The number of pyridine rings is 2. The third kappa shape index (κ3) is 10.3. The summed E-state index contributed by atoms with van der Waals surface area (Å²) >= 11 is 0. The van der Waals surface area contributed by atoms with Crippen molar-refractivity contribution in [2.45, 2.75) is 39.9 Å². The van der Waals surface area contributed by atoms with E-state index in [9.17, 15) is 25.0 Å². The molecule has 2 N–H and O–H groups in total. The van der Waals surface area contributed by atoms with Gasteiger partial charge in [-0.25, -0.2) is 0 Å². The summed E-state index contributed by atoms with van der Waals surface area (Å²) in [6.45, 7) is 7.06. The zero-order valence-corrected chi connectivity index (χ0v) is 15.4. The van der Waals surface area contributed by atoms with Gasteiger partial charge in [-0.3, -0.25) is 30.0 Å². The molecule has 0 aliphatic carbocycles. The van der Waals surface area contributed by atoms with Crippen molar-refractivity contribution in [1.29, 1.82) is 0 Å². The molecule has 0 aliphatic rings. The lowest BCUT2D eigenvalue weighted by Gasteiger charge is -2.08. The van der Waals surface area contributed by atoms with Crippen LogP contribution in [0, 0.1) is 20.2 Å². The summed E-state index contributed by atoms with van der Waals surface area (Å²) in [5, 5.41) is 28.6. The van der Waals surface area contributed by atoms with Gasteiger partial charge in [0.1, 0.15) is 6.20 Å². The number of nitrogens with one attached hydrogen (secondary N) is 1. The first-order chi connectivity index (χ1) is 12.6. The van der Waals surface area contributed by atoms with Gasteiger partial charge < -0.3 is 14.8 Å². The van der Waals surface area contributed by atoms with E-state index in [0.717, 1.165) is 12.3 Å². The van der Waals surface area contributed by atoms with Gasteiger partial charge in [0.25, 0.3) is 5.43 Å². The van der Waals surface area contributed by atoms with E-state index in [4.69, 9.17) is 9.84 Å². The molecular formula is C16H22N4O7. The summed E-state index contributed by atoms with van der Waals surface area (Å²) in [5.74, 6) is 0.259. The van der Waals surface area contributed by atoms with E-state index < -0.39 is 21.0 Å². The summed E-state index contributed by atoms with van der Waals surface area (Å²) in [6.07, 6.45) is 4.79. The Hall–Kier alpha value is -3.34. The van der Waals surface area contributed by atoms with Crippen LogP contribution in [0.5, 0.6) is 5.75 Å². The van der Waals surface area contributed by atoms with Gasteiger partial charge in [0.2, 0.25) is 5.75 Å². The molecule has 2 heterocycles. The largest absolute Gasteiger partial charge is 0.484 e. The Morgan fingerprint density at radius 3 is 2.07 bits per heavy atom. The first kappa shape index (κ1) is 23.7. The number of rotatable bonds is 4. The highest BCUT2D eigenvalue weighted by Crippen LogP contribution is 2.25. The normalized spacial score (nSPS) is 9.59. The second kappa shape index (κ2) is 12.1. The maximum atomic E-state index is 10.6. The van der Waals surface area contributed by atoms with Crippen molar-refractivity contribution in [3.8, 4) is 5.75 Å². The fraction of sp³-hybridized carbons (Fsp3) is 0.375. The average Bonchev–Trinajstić information content (AvgIpc) is 2.55. The zero-order chi connectivity index (χ0) is 21.0. The van der Waals surface area contributed by atoms with Gasteiger partial charge in [-0.2, -0.15) is 0 Å². The lowest BCUT2D eigenvalue weighted by atomic mass is 10.4. The molecule has 0 aromatic carbocycles. The van der Waals surface area contributed by atoms with Crippen molar-refractivity contribution < 1.29 is 19.7 Å². The molecule has 0 saturated heterocycles. The Morgan fingerprint density at radius 2 is 1.67 bits per heavy atom. The lowest BCUT2D eigenvalue weighted by Crippen LogP contribution is -2.07. The second-order valence-electron chi connectivity index (χ2n) is 5.51. The minimum absolute atomic E-state index is 0.0823. The first-order valence-corrected chi connectivity index (χ1v) is 7.80. The van der Waals surface area contributed by atoms with Crippen molar-refractivity contribution >= 4 is 11.4 Å². The van der Waals surface area contributed by atoms with Gasteiger partial charge in [-0.1, -0.05) is 0 Å². The van der Waals surface area contributed by atoms with E-state index in [1.807, 2.05) is 13.8 Å². The number of aromatic amines is 1. The van der Waals surface area contributed by atoms with E-state index in [1.165, 1.54) is 24.7 Å². The predicted octanol–water partition coefficient (Wildman–Crippen LogP) is 2.45. The molecule has 0 atom stereocenters. The number of nitrogens with zero attached hydrogens (tertiary/aromatic N) is 3. The number of hydrogen-bond acceptors (Lipinski definition) is 8. The fourth-order valence-corrected chi connectivity index (χ4v) is 1.41. The minimum Gasteiger partial charge on any atom is -0.484 e. The van der Waals surface area contributed by atoms with Gasteiger partial charge in [0, 0.05) is 30.6 Å². The molecule has 27 heavy (non-hydrogen) atoms. The maximum Gasteiger partial charge on any atom is 0.332 e. The van der Waals surface area contributed by atoms with Crippen LogP contribution in [0.4, 0.5) is 11.4 Å². The summed E-state index contributed by atoms with van der Waals surface area (Å²) in [6, 6.07) is 2.59. The number of aromatic nitrogens is 2. The molecule has 0 spiro atoms. The maximum absolute atomic E-state index is 10.6. The number of hydrogen-bond donors (Lipinski definition) is 2. The standard InChI is InChI=1S/C8H10N2O3.C5H4N2O3.C3H8O/c1-6(2)13-8-3-4-9-5-7(8)10(11)12;8-5-1-2-6-3-4(5)7(9)10;1-3(2)4/h3-6H,1-2H3;1-3H,(H,6,8);3-4H,1-2H3. The van der Waals surface area contributed by atoms with Crippen LogP contribution in [0.15, 0.2) is 41.7 Å². The molecule has 0 bridgehead atoms. The van der Waals surface area contributed by atoms with E-state index in [2.05, 4.69) is 9.97 Å². The zero-order valence-electron chi connectivity index (χ0n) is 15.4. The molecule has 0 fully saturated rings. The Morgan fingerprint density at radius 1 is 1.11 bits per heavy atom. The highest BCUT2D eigenvalue weighted by atomic mass is 16.6. The van der Waals surface area contributed by atoms with Crippen LogP contribution < -0.4 is 10.2 Å². The molecule has 11 heteroatoms. The van der Waals surface area contributed by atoms with Gasteiger partial charge in [-0.15, -0.1) is 0 Å². The smallest absolute Gasteiger partial charge is 0.332 e. The van der Waals surface area contributed by atoms with Crippen LogP contribution in [-0.2, 0) is 0 Å². The number of nitro groups is 2. The summed E-state index contributed by atoms with van der Waals surface area (Å²) < 4.78 is 5.22. The van der Waals surface area contributed by atoms with Crippen molar-refractivity contribution in [3.05, 3.63) is 67.4 Å². The quantitative estimate of drug-likeness (QED) is 0.602. The second-order valence-corrected chi connectivity index (χ2v) is 5.51. The lowest BCUT2D eigenvalue weighted by molar-refractivity contribution is -0.386. The van der Waals surface area contributed by atoms with Crippen molar-refractivity contribution in [1.82, 2.24) is 9.97 Å². The first-order valence-electron chi connectivity index (χ1n) is 7.80. The molecule has 2 rings (SSSR count). The van der Waals surface area contributed by atoms with Crippen molar-refractivity contribution in [2.24, 2.45) is 0 Å². The topological polar surface area (TPSA) is 161 Å². The summed E-state index contributed by atoms with van der Waals surface area (Å²) in [7, 11) is 0. The van der Waals surface area contributed by atoms with Crippen LogP contribution in [0.25, 0.3) is 0 Å². The molecule has 11 nitrogen and oxygen atoms in total. The van der Waals surface area contributed by atoms with Crippen molar-refractivity contribution in [3.63, 3.8) is 0 Å². The van der Waals surface area contributed by atoms with E-state index in [-0.39, 0.29) is 23.6 Å². The Labute approximate surface area is 155 Å². The van der Waals surface area contributed by atoms with Crippen LogP contribution in [0.2, 0.25) is 0 Å². The molecule has 2 aromatic heterocycles. The average molecular weight is 382 g/mol. The Balaban J connectivity index is 0.000000428. The van der Waals surface area contributed by atoms with Gasteiger partial charge >= 0.3 is 11.4 Å². The Kier molecular flexibility index (Phi) is 10.6. The highest BCUT2D eigenvalue weighted by Gasteiger charge is 2.15. The molecule has 0 saturated carbocycles. The molecule has 2 aromatic rings. The van der Waals surface area contributed by atoms with Gasteiger partial charge in [0.05, 0.1) is 22.1 Å². The van der Waals surface area contributed by atoms with Crippen molar-refractivity contribution in [2.75, 3.05) is 0 Å². The molecule has 0 amide bonds. The molecule has 148 valence electrons. The van der Waals surface area contributed by atoms with Gasteiger partial charge in [-0.05, 0) is 27.7 Å². The molecule has 0 aliphatic heterocycles. The SMILES string of the molecule is CC(C)O.CC(C)Oc1ccncc1[N+](=O)[O-].O=c1cc[nH]cc1[N+](=O)[O-]. The summed E-state index contributed by atoms with van der Waals surface area (Å²) in [5.41, 5.74) is -1.11. The fourth-order valence-electron chi connectivity index (χ4n) is 1.41. The monoisotopic (exact) mass is 382 g/mol. The molecular weight excluding hydrogens is 360 g/mol. The van der Waals surface area contributed by atoms with Crippen LogP contribution in [-0.4, -0.2) is 37.1 Å². The third-order valence-corrected chi connectivity index (χ3v) is 2.32. The van der Waals surface area contributed by atoms with Crippen LogP contribution in [0.1, 0.15) is 27.7 Å². The van der Waals surface area contributed by atoms with Gasteiger partial charge in [0.15, 0.2) is 0 Å². The van der Waals surface area contributed by atoms with E-state index in [0.29, 0.717) is 0 Å². The Bertz CT molecular complexity index is 787. The number of H-pyrrole nitrogens is 1. The van der Waals surface area contributed by atoms with E-state index >= 15 is 0 Å². The number of ether oxygens (including phenoxy) is 1. The number of aliphatic hydroxyl groups is 1. The van der Waals surface area contributed by atoms with Crippen LogP contribution in [0.3, 0.4) is 0 Å². The summed E-state index contributed by atoms with van der Waals surface area (Å²) in [4.78, 5) is 36.0. The van der Waals surface area contributed by atoms with E-state index in [1.54, 1.807) is 13.8 Å². The third-order valence-electron chi connectivity index (χ3n) is 2.32. The highest BCUT2D eigenvalue weighted by molar-refractivity contribution is 5.43. The molecule has 0 radical (unpaired) electrons. The molecule has 0 unspecified atom stereocenters. The predicted molar refractivity (Wildman–Crippen MR) is 97.7 cm³/mol. The number of aliphatic hydroxyl groups excluding tert-OH is 1. The van der Waals surface area contributed by atoms with Crippen LogP contribution >= 0.6 is 0 Å².